The number of hydrogen-bond donors (Lipinski definition) is 0. The summed E-state index contributed by atoms with van der Waals surface area (Å²) in [5, 5.41) is 0. The van der Waals surface area contributed by atoms with Gasteiger partial charge in [0.2, 0.25) is 0 Å². The van der Waals surface area contributed by atoms with E-state index in [1.54, 1.807) is 19.3 Å². The average molecular weight is 406 g/mol. The summed E-state index contributed by atoms with van der Waals surface area (Å²) in [6.45, 7) is 2.73. The van der Waals surface area contributed by atoms with Crippen molar-refractivity contribution in [2.24, 2.45) is 18.9 Å². The van der Waals surface area contributed by atoms with E-state index in [2.05, 4.69) is 35.2 Å². The van der Waals surface area contributed by atoms with E-state index in [9.17, 15) is 9.59 Å². The number of fused-ring (bicyclic) bond motifs is 4. The molecule has 1 amide bonds. The van der Waals surface area contributed by atoms with Crippen molar-refractivity contribution in [1.29, 1.82) is 0 Å². The standard InChI is InChI=1S/C25H31N3O2/c1-26-11-10-20(14-24(26)29)25(30)27-15-19-12-21(17-27)23-9-5-8-22(28(23)16-19)13-18-6-3-2-4-7-18/h2-4,6-7,10-11,14,19,21-23H,5,8-9,12-13,15-17H2,1H3/t19-,21+,22+,23-/m0/s1. The van der Waals surface area contributed by atoms with Crippen LogP contribution in [0.2, 0.25) is 0 Å². The number of benzene rings is 1. The Morgan fingerprint density at radius 3 is 2.70 bits per heavy atom. The molecule has 0 spiro atoms. The van der Waals surface area contributed by atoms with Gasteiger partial charge in [0.05, 0.1) is 0 Å². The van der Waals surface area contributed by atoms with Crippen LogP contribution in [0.5, 0.6) is 0 Å². The van der Waals surface area contributed by atoms with Gasteiger partial charge in [-0.1, -0.05) is 36.8 Å². The predicted molar refractivity (Wildman–Crippen MR) is 117 cm³/mol. The molecular formula is C25H31N3O2. The number of carbonyl (C=O) groups is 1. The van der Waals surface area contributed by atoms with E-state index in [1.165, 1.54) is 41.9 Å². The van der Waals surface area contributed by atoms with Crippen LogP contribution in [-0.2, 0) is 13.5 Å². The zero-order chi connectivity index (χ0) is 20.7. The number of piperidine rings is 3. The minimum Gasteiger partial charge on any atom is -0.338 e. The van der Waals surface area contributed by atoms with Crippen molar-refractivity contribution in [3.63, 3.8) is 0 Å². The van der Waals surface area contributed by atoms with E-state index in [0.717, 1.165) is 26.1 Å². The monoisotopic (exact) mass is 405 g/mol. The Hall–Kier alpha value is -2.40. The highest BCUT2D eigenvalue weighted by atomic mass is 16.2. The molecule has 1 aromatic heterocycles. The molecule has 0 saturated carbocycles. The first-order valence-electron chi connectivity index (χ1n) is 11.3. The molecule has 0 radical (unpaired) electrons. The SMILES string of the molecule is Cn1ccc(C(=O)N2C[C@@H]3C[C@H](C2)[C@@H]2CCC[C@H](Cc4ccccc4)N2C3)cc1=O. The molecule has 0 unspecified atom stereocenters. The fraction of sp³-hybridized carbons (Fsp3) is 0.520. The van der Waals surface area contributed by atoms with Gasteiger partial charge in [0.15, 0.2) is 0 Å². The normalized spacial score (nSPS) is 28.8. The summed E-state index contributed by atoms with van der Waals surface area (Å²) >= 11 is 0. The molecule has 3 aliphatic heterocycles. The maximum atomic E-state index is 13.1. The fourth-order valence-corrected chi connectivity index (χ4v) is 6.05. The van der Waals surface area contributed by atoms with Gasteiger partial charge < -0.3 is 9.47 Å². The molecule has 4 heterocycles. The molecule has 0 aliphatic carbocycles. The molecule has 5 rings (SSSR count). The molecule has 2 aromatic rings. The van der Waals surface area contributed by atoms with E-state index in [0.29, 0.717) is 29.5 Å². The molecule has 5 heteroatoms. The van der Waals surface area contributed by atoms with Gasteiger partial charge in [0.25, 0.3) is 11.5 Å². The highest BCUT2D eigenvalue weighted by molar-refractivity contribution is 5.94. The van der Waals surface area contributed by atoms with Crippen molar-refractivity contribution in [3.05, 3.63) is 70.1 Å². The lowest BCUT2D eigenvalue weighted by Crippen LogP contribution is -2.62. The van der Waals surface area contributed by atoms with E-state index in [-0.39, 0.29) is 11.5 Å². The minimum atomic E-state index is -0.125. The smallest absolute Gasteiger partial charge is 0.254 e. The van der Waals surface area contributed by atoms with Crippen molar-refractivity contribution in [2.75, 3.05) is 19.6 Å². The average Bonchev–Trinajstić information content (AvgIpc) is 2.76. The Bertz CT molecular complexity index is 970. The maximum absolute atomic E-state index is 13.1. The van der Waals surface area contributed by atoms with Crippen molar-refractivity contribution >= 4 is 5.91 Å². The first kappa shape index (κ1) is 19.6. The second-order valence-corrected chi connectivity index (χ2v) is 9.48. The number of nitrogens with zero attached hydrogens (tertiary/aromatic N) is 3. The number of rotatable bonds is 3. The number of aryl methyl sites for hydroxylation is 1. The molecule has 3 aliphatic rings. The van der Waals surface area contributed by atoms with E-state index in [4.69, 9.17) is 0 Å². The van der Waals surface area contributed by atoms with Crippen LogP contribution < -0.4 is 5.56 Å². The highest BCUT2D eigenvalue weighted by Gasteiger charge is 2.45. The quantitative estimate of drug-likeness (QED) is 0.789. The summed E-state index contributed by atoms with van der Waals surface area (Å²) in [6.07, 6.45) is 7.86. The third-order valence-electron chi connectivity index (χ3n) is 7.47. The van der Waals surface area contributed by atoms with Gasteiger partial charge in [-0.25, -0.2) is 0 Å². The van der Waals surface area contributed by atoms with Crippen LogP contribution in [0.25, 0.3) is 0 Å². The first-order chi connectivity index (χ1) is 14.6. The topological polar surface area (TPSA) is 45.6 Å². The minimum absolute atomic E-state index is 0.0208. The lowest BCUT2D eigenvalue weighted by atomic mass is 9.74. The van der Waals surface area contributed by atoms with Gasteiger partial charge in [-0.3, -0.25) is 14.5 Å². The number of aromatic nitrogens is 1. The number of hydrogen-bond acceptors (Lipinski definition) is 3. The molecule has 3 fully saturated rings. The fourth-order valence-electron chi connectivity index (χ4n) is 6.05. The summed E-state index contributed by atoms with van der Waals surface area (Å²) in [5.74, 6) is 1.10. The first-order valence-corrected chi connectivity index (χ1v) is 11.3. The van der Waals surface area contributed by atoms with Gasteiger partial charge in [0, 0.05) is 56.6 Å². The van der Waals surface area contributed by atoms with Crippen LogP contribution in [0.4, 0.5) is 0 Å². The molecule has 5 nitrogen and oxygen atoms in total. The largest absolute Gasteiger partial charge is 0.338 e. The van der Waals surface area contributed by atoms with Gasteiger partial charge in [0.1, 0.15) is 0 Å². The second kappa shape index (κ2) is 8.03. The maximum Gasteiger partial charge on any atom is 0.254 e. The Labute approximate surface area is 178 Å². The summed E-state index contributed by atoms with van der Waals surface area (Å²) in [5.41, 5.74) is 1.84. The number of likely N-dealkylation sites (tertiary alicyclic amines) is 1. The van der Waals surface area contributed by atoms with E-state index >= 15 is 0 Å². The molecule has 158 valence electrons. The summed E-state index contributed by atoms with van der Waals surface area (Å²) in [4.78, 5) is 29.9. The van der Waals surface area contributed by atoms with Crippen LogP contribution >= 0.6 is 0 Å². The molecule has 3 saturated heterocycles. The van der Waals surface area contributed by atoms with Crippen molar-refractivity contribution in [2.45, 2.75) is 44.2 Å². The molecule has 4 atom stereocenters. The second-order valence-electron chi connectivity index (χ2n) is 9.48. The predicted octanol–water partition coefficient (Wildman–Crippen LogP) is 2.94. The van der Waals surface area contributed by atoms with Crippen molar-refractivity contribution < 1.29 is 4.79 Å². The van der Waals surface area contributed by atoms with Gasteiger partial charge >= 0.3 is 0 Å². The van der Waals surface area contributed by atoms with Crippen LogP contribution in [0, 0.1) is 11.8 Å². The van der Waals surface area contributed by atoms with Crippen LogP contribution in [-0.4, -0.2) is 52.0 Å². The van der Waals surface area contributed by atoms with Gasteiger partial charge in [-0.2, -0.15) is 0 Å². The van der Waals surface area contributed by atoms with Crippen molar-refractivity contribution in [1.82, 2.24) is 14.4 Å². The summed E-state index contributed by atoms with van der Waals surface area (Å²) in [6, 6.07) is 15.3. The Kier molecular flexibility index (Phi) is 5.23. The van der Waals surface area contributed by atoms with Crippen LogP contribution in [0.3, 0.4) is 0 Å². The molecular weight excluding hydrogens is 374 g/mol. The van der Waals surface area contributed by atoms with Gasteiger partial charge in [-0.05, 0) is 49.1 Å². The van der Waals surface area contributed by atoms with Crippen LogP contribution in [0.1, 0.15) is 41.6 Å². The third kappa shape index (κ3) is 3.71. The zero-order valence-electron chi connectivity index (χ0n) is 17.7. The Morgan fingerprint density at radius 2 is 1.90 bits per heavy atom. The zero-order valence-corrected chi connectivity index (χ0v) is 17.7. The lowest BCUT2D eigenvalue weighted by molar-refractivity contribution is -0.0498. The Balaban J connectivity index is 1.31. The van der Waals surface area contributed by atoms with E-state index in [1.807, 2.05) is 4.90 Å². The number of carbonyl (C=O) groups excluding carboxylic acids is 1. The molecule has 30 heavy (non-hydrogen) atoms. The Morgan fingerprint density at radius 1 is 1.07 bits per heavy atom. The van der Waals surface area contributed by atoms with E-state index < -0.39 is 0 Å². The third-order valence-corrected chi connectivity index (χ3v) is 7.47. The summed E-state index contributed by atoms with van der Waals surface area (Å²) in [7, 11) is 1.71. The highest BCUT2D eigenvalue weighted by Crippen LogP contribution is 2.40. The lowest BCUT2D eigenvalue weighted by Gasteiger charge is -2.55. The summed E-state index contributed by atoms with van der Waals surface area (Å²) < 4.78 is 1.51. The van der Waals surface area contributed by atoms with Crippen molar-refractivity contribution in [3.8, 4) is 0 Å². The van der Waals surface area contributed by atoms with Gasteiger partial charge in [-0.15, -0.1) is 0 Å². The molecule has 0 N–H and O–H groups in total. The molecule has 2 bridgehead atoms. The molecule has 1 aromatic carbocycles. The number of pyridine rings is 1. The number of amides is 1. The van der Waals surface area contributed by atoms with Crippen LogP contribution in [0.15, 0.2) is 53.5 Å².